The fraction of sp³-hybridized carbons (Fsp3) is 0.100. The first-order chi connectivity index (χ1) is 13.3. The predicted octanol–water partition coefficient (Wildman–Crippen LogP) is 3.54. The standard InChI is InChI=1S/C20H15N5O2/c26-20(19-4-2-10-27-19)25-18(12-17(24-25)14-3-1-7-21-14)13-5-6-15-16(11-13)23-9-8-22-15/h1-11,18,21H,12H2. The molecule has 0 saturated carbocycles. The van der Waals surface area contributed by atoms with Crippen LogP contribution in [0.5, 0.6) is 0 Å². The van der Waals surface area contributed by atoms with Gasteiger partial charge in [0.15, 0.2) is 5.76 Å². The van der Waals surface area contributed by atoms with E-state index >= 15 is 0 Å². The Balaban J connectivity index is 1.57. The third kappa shape index (κ3) is 2.69. The lowest BCUT2D eigenvalue weighted by Gasteiger charge is -2.21. The quantitative estimate of drug-likeness (QED) is 0.607. The molecule has 7 heteroatoms. The molecule has 0 bridgehead atoms. The number of nitrogens with zero attached hydrogens (tertiary/aromatic N) is 4. The number of hydrazone groups is 1. The van der Waals surface area contributed by atoms with Gasteiger partial charge in [0.2, 0.25) is 0 Å². The highest BCUT2D eigenvalue weighted by atomic mass is 16.3. The highest BCUT2D eigenvalue weighted by molar-refractivity contribution is 6.03. The summed E-state index contributed by atoms with van der Waals surface area (Å²) < 4.78 is 5.30. The van der Waals surface area contributed by atoms with Gasteiger partial charge in [-0.25, -0.2) is 5.01 Å². The number of aromatic nitrogens is 3. The number of carbonyl (C=O) groups is 1. The van der Waals surface area contributed by atoms with Gasteiger partial charge in [-0.2, -0.15) is 5.10 Å². The second-order valence-electron chi connectivity index (χ2n) is 6.28. The van der Waals surface area contributed by atoms with E-state index in [1.807, 2.05) is 36.5 Å². The van der Waals surface area contributed by atoms with Crippen LogP contribution in [0.4, 0.5) is 0 Å². The van der Waals surface area contributed by atoms with E-state index in [2.05, 4.69) is 20.1 Å². The van der Waals surface area contributed by atoms with Crippen molar-refractivity contribution < 1.29 is 9.21 Å². The van der Waals surface area contributed by atoms with Crippen molar-refractivity contribution in [3.8, 4) is 0 Å². The first kappa shape index (κ1) is 15.5. The van der Waals surface area contributed by atoms with Crippen molar-refractivity contribution >= 4 is 22.7 Å². The first-order valence-electron chi connectivity index (χ1n) is 8.58. The lowest BCUT2D eigenvalue weighted by atomic mass is 10.00. The molecular weight excluding hydrogens is 342 g/mol. The monoisotopic (exact) mass is 357 g/mol. The zero-order valence-corrected chi connectivity index (χ0v) is 14.2. The van der Waals surface area contributed by atoms with Crippen LogP contribution in [-0.2, 0) is 0 Å². The Kier molecular flexibility index (Phi) is 3.57. The number of H-pyrrole nitrogens is 1. The number of carbonyl (C=O) groups excluding carboxylic acids is 1. The van der Waals surface area contributed by atoms with E-state index in [-0.39, 0.29) is 17.7 Å². The average molecular weight is 357 g/mol. The smallest absolute Gasteiger partial charge is 0.310 e. The molecular formula is C20H15N5O2. The van der Waals surface area contributed by atoms with Gasteiger partial charge in [0.1, 0.15) is 0 Å². The average Bonchev–Trinajstić information content (AvgIpc) is 3.48. The fourth-order valence-corrected chi connectivity index (χ4v) is 3.33. The summed E-state index contributed by atoms with van der Waals surface area (Å²) in [6, 6.07) is 12.8. The van der Waals surface area contributed by atoms with Gasteiger partial charge in [-0.1, -0.05) is 6.07 Å². The molecule has 1 aliphatic heterocycles. The SMILES string of the molecule is O=C(c1ccco1)N1N=C(c2ccc[nH]2)CC1c1ccc2nccnc2c1. The van der Waals surface area contributed by atoms with E-state index in [9.17, 15) is 4.79 Å². The number of rotatable bonds is 3. The maximum absolute atomic E-state index is 13.0. The molecule has 1 aromatic carbocycles. The normalized spacial score (nSPS) is 16.7. The second-order valence-corrected chi connectivity index (χ2v) is 6.28. The Morgan fingerprint density at radius 1 is 1.11 bits per heavy atom. The summed E-state index contributed by atoms with van der Waals surface area (Å²) >= 11 is 0. The summed E-state index contributed by atoms with van der Waals surface area (Å²) in [5.74, 6) is -0.0112. The molecule has 0 saturated heterocycles. The van der Waals surface area contributed by atoms with Crippen LogP contribution in [0, 0.1) is 0 Å². The van der Waals surface area contributed by atoms with Crippen molar-refractivity contribution in [3.63, 3.8) is 0 Å². The Labute approximate surface area is 154 Å². The second kappa shape index (κ2) is 6.21. The van der Waals surface area contributed by atoms with E-state index in [0.717, 1.165) is 28.0 Å². The van der Waals surface area contributed by atoms with Gasteiger partial charge in [-0.15, -0.1) is 0 Å². The molecule has 0 radical (unpaired) electrons. The number of benzene rings is 1. The number of fused-ring (bicyclic) bond motifs is 1. The van der Waals surface area contributed by atoms with Crippen molar-refractivity contribution in [1.29, 1.82) is 0 Å². The van der Waals surface area contributed by atoms with E-state index in [1.165, 1.54) is 11.3 Å². The Hall–Kier alpha value is -3.74. The highest BCUT2D eigenvalue weighted by Gasteiger charge is 2.35. The van der Waals surface area contributed by atoms with Crippen LogP contribution in [-0.4, -0.2) is 31.6 Å². The van der Waals surface area contributed by atoms with Crippen LogP contribution in [0.3, 0.4) is 0 Å². The zero-order chi connectivity index (χ0) is 18.2. The molecule has 1 amide bonds. The van der Waals surface area contributed by atoms with Crippen molar-refractivity contribution in [1.82, 2.24) is 20.0 Å². The molecule has 27 heavy (non-hydrogen) atoms. The number of hydrogen-bond donors (Lipinski definition) is 1. The van der Waals surface area contributed by atoms with Gasteiger partial charge in [0.05, 0.1) is 34.7 Å². The largest absolute Gasteiger partial charge is 0.459 e. The first-order valence-corrected chi connectivity index (χ1v) is 8.58. The molecule has 4 aromatic rings. The predicted molar refractivity (Wildman–Crippen MR) is 99.1 cm³/mol. The fourth-order valence-electron chi connectivity index (χ4n) is 3.33. The Morgan fingerprint density at radius 3 is 2.78 bits per heavy atom. The highest BCUT2D eigenvalue weighted by Crippen LogP contribution is 2.34. The van der Waals surface area contributed by atoms with E-state index in [1.54, 1.807) is 24.5 Å². The summed E-state index contributed by atoms with van der Waals surface area (Å²) in [6.07, 6.45) is 7.25. The molecule has 1 N–H and O–H groups in total. The minimum absolute atomic E-state index is 0.243. The van der Waals surface area contributed by atoms with Gasteiger partial charge < -0.3 is 9.40 Å². The van der Waals surface area contributed by atoms with Gasteiger partial charge in [0.25, 0.3) is 0 Å². The molecule has 1 atom stereocenters. The molecule has 7 nitrogen and oxygen atoms in total. The molecule has 132 valence electrons. The van der Waals surface area contributed by atoms with Crippen molar-refractivity contribution in [2.24, 2.45) is 5.10 Å². The minimum atomic E-state index is -0.272. The molecule has 0 aliphatic carbocycles. The molecule has 0 fully saturated rings. The van der Waals surface area contributed by atoms with Crippen LogP contribution >= 0.6 is 0 Å². The van der Waals surface area contributed by atoms with Crippen LogP contribution in [0.2, 0.25) is 0 Å². The molecule has 3 aromatic heterocycles. The van der Waals surface area contributed by atoms with Crippen molar-refractivity contribution in [3.05, 3.63) is 84.3 Å². The minimum Gasteiger partial charge on any atom is -0.459 e. The maximum atomic E-state index is 13.0. The summed E-state index contributed by atoms with van der Waals surface area (Å²) in [5.41, 5.74) is 4.27. The van der Waals surface area contributed by atoms with Gasteiger partial charge in [-0.05, 0) is 42.0 Å². The number of furan rings is 1. The third-order valence-electron chi connectivity index (χ3n) is 4.64. The van der Waals surface area contributed by atoms with Crippen LogP contribution in [0.1, 0.15) is 34.3 Å². The third-order valence-corrected chi connectivity index (χ3v) is 4.64. The van der Waals surface area contributed by atoms with Crippen LogP contribution < -0.4 is 0 Å². The van der Waals surface area contributed by atoms with Gasteiger partial charge in [0, 0.05) is 25.0 Å². The van der Waals surface area contributed by atoms with Gasteiger partial charge >= 0.3 is 5.91 Å². The van der Waals surface area contributed by atoms with Gasteiger partial charge in [-0.3, -0.25) is 14.8 Å². The Morgan fingerprint density at radius 2 is 2.00 bits per heavy atom. The molecule has 4 heterocycles. The van der Waals surface area contributed by atoms with Crippen molar-refractivity contribution in [2.45, 2.75) is 12.5 Å². The lowest BCUT2D eigenvalue weighted by Crippen LogP contribution is -2.26. The van der Waals surface area contributed by atoms with Crippen LogP contribution in [0.15, 0.2) is 76.8 Å². The van der Waals surface area contributed by atoms with Crippen molar-refractivity contribution in [2.75, 3.05) is 0 Å². The molecule has 1 unspecified atom stereocenters. The number of hydrogen-bond acceptors (Lipinski definition) is 5. The summed E-state index contributed by atoms with van der Waals surface area (Å²) in [5, 5.41) is 6.09. The van der Waals surface area contributed by atoms with E-state index in [0.29, 0.717) is 6.42 Å². The van der Waals surface area contributed by atoms with Crippen LogP contribution in [0.25, 0.3) is 11.0 Å². The zero-order valence-electron chi connectivity index (χ0n) is 14.2. The lowest BCUT2D eigenvalue weighted by molar-refractivity contribution is 0.0678. The number of aromatic amines is 1. The summed E-state index contributed by atoms with van der Waals surface area (Å²) in [7, 11) is 0. The van der Waals surface area contributed by atoms with E-state index in [4.69, 9.17) is 4.42 Å². The molecule has 1 aliphatic rings. The maximum Gasteiger partial charge on any atom is 0.310 e. The summed E-state index contributed by atoms with van der Waals surface area (Å²) in [6.45, 7) is 0. The number of amides is 1. The summed E-state index contributed by atoms with van der Waals surface area (Å²) in [4.78, 5) is 24.8. The molecule has 0 spiro atoms. The topological polar surface area (TPSA) is 87.4 Å². The molecule has 5 rings (SSSR count). The Bertz CT molecular complexity index is 1130. The number of nitrogens with one attached hydrogen (secondary N) is 1. The van der Waals surface area contributed by atoms with E-state index < -0.39 is 0 Å².